The van der Waals surface area contributed by atoms with Crippen LogP contribution in [0.4, 0.5) is 0 Å². The predicted octanol–water partition coefficient (Wildman–Crippen LogP) is 0.414. The Labute approximate surface area is 140 Å². The fraction of sp³-hybridized carbons (Fsp3) is 0.400. The molecular weight excluding hydrogens is 330 g/mol. The highest BCUT2D eigenvalue weighted by Gasteiger charge is 2.36. The van der Waals surface area contributed by atoms with Crippen LogP contribution >= 0.6 is 0 Å². The maximum Gasteiger partial charge on any atom is 0.273 e. The first-order valence-corrected chi connectivity index (χ1v) is 9.32. The van der Waals surface area contributed by atoms with Crippen molar-refractivity contribution in [2.75, 3.05) is 18.8 Å². The number of aromatic nitrogens is 3. The molecule has 1 aromatic carbocycles. The lowest BCUT2D eigenvalue weighted by Crippen LogP contribution is -2.51. The van der Waals surface area contributed by atoms with Crippen molar-refractivity contribution in [2.24, 2.45) is 0 Å². The smallest absolute Gasteiger partial charge is 0.273 e. The Kier molecular flexibility index (Phi) is 4.63. The van der Waals surface area contributed by atoms with Crippen LogP contribution in [0.1, 0.15) is 29.0 Å². The normalized spacial score (nSPS) is 15.9. The van der Waals surface area contributed by atoms with Crippen LogP contribution in [0, 0.1) is 0 Å². The molecule has 9 heteroatoms. The topological polar surface area (TPSA) is 97.2 Å². The van der Waals surface area contributed by atoms with Crippen LogP contribution in [-0.2, 0) is 16.6 Å². The molecule has 1 amide bonds. The van der Waals surface area contributed by atoms with Crippen LogP contribution in [0.3, 0.4) is 0 Å². The Morgan fingerprint density at radius 3 is 2.67 bits per heavy atom. The van der Waals surface area contributed by atoms with Crippen LogP contribution in [0.5, 0.6) is 0 Å². The summed E-state index contributed by atoms with van der Waals surface area (Å²) in [6, 6.07) is 9.50. The Morgan fingerprint density at radius 2 is 2.00 bits per heavy atom. The third kappa shape index (κ3) is 3.46. The molecule has 1 aliphatic heterocycles. The minimum absolute atomic E-state index is 0.0745. The molecule has 1 saturated heterocycles. The van der Waals surface area contributed by atoms with Crippen molar-refractivity contribution in [2.45, 2.75) is 19.5 Å². The highest BCUT2D eigenvalue weighted by Crippen LogP contribution is 2.23. The van der Waals surface area contributed by atoms with Crippen LogP contribution in [0.15, 0.2) is 36.5 Å². The van der Waals surface area contributed by atoms with Gasteiger partial charge in [0, 0.05) is 19.6 Å². The molecular formula is C15H19N5O3S. The quantitative estimate of drug-likeness (QED) is 0.815. The summed E-state index contributed by atoms with van der Waals surface area (Å²) in [6.07, 6.45) is 1.56. The number of nitrogens with one attached hydrogen (secondary N) is 1. The van der Waals surface area contributed by atoms with Gasteiger partial charge >= 0.3 is 0 Å². The van der Waals surface area contributed by atoms with Gasteiger partial charge in [0.15, 0.2) is 5.69 Å². The summed E-state index contributed by atoms with van der Waals surface area (Å²) in [6.45, 7) is 2.76. The minimum Gasteiger partial charge on any atom is -0.347 e. The summed E-state index contributed by atoms with van der Waals surface area (Å²) in [5.74, 6) is -0.216. The van der Waals surface area contributed by atoms with Gasteiger partial charge in [-0.05, 0) is 12.5 Å². The number of carbonyl (C=O) groups is 1. The van der Waals surface area contributed by atoms with Gasteiger partial charge in [0.05, 0.1) is 18.0 Å². The average molecular weight is 349 g/mol. The molecule has 0 radical (unpaired) electrons. The van der Waals surface area contributed by atoms with Gasteiger partial charge in [-0.15, -0.1) is 5.10 Å². The first-order chi connectivity index (χ1) is 11.5. The van der Waals surface area contributed by atoms with Crippen molar-refractivity contribution >= 4 is 15.9 Å². The molecule has 1 aliphatic rings. The van der Waals surface area contributed by atoms with E-state index in [2.05, 4.69) is 15.6 Å². The number of hydrogen-bond donors (Lipinski definition) is 1. The van der Waals surface area contributed by atoms with Crippen LogP contribution in [0.2, 0.25) is 0 Å². The van der Waals surface area contributed by atoms with E-state index in [1.54, 1.807) is 17.8 Å². The zero-order chi connectivity index (χ0) is 17.2. The van der Waals surface area contributed by atoms with Crippen LogP contribution in [0.25, 0.3) is 0 Å². The van der Waals surface area contributed by atoms with Gasteiger partial charge in [-0.3, -0.25) is 4.79 Å². The summed E-state index contributed by atoms with van der Waals surface area (Å²) in [4.78, 5) is 12.1. The lowest BCUT2D eigenvalue weighted by molar-refractivity contribution is 0.0945. The highest BCUT2D eigenvalue weighted by molar-refractivity contribution is 7.89. The summed E-state index contributed by atoms with van der Waals surface area (Å²) in [7, 11) is -3.16. The molecule has 0 aliphatic carbocycles. The Balaban J connectivity index is 1.55. The van der Waals surface area contributed by atoms with E-state index in [-0.39, 0.29) is 23.4 Å². The molecule has 3 rings (SSSR count). The molecule has 0 atom stereocenters. The SMILES string of the molecule is CCS(=O)(=O)N1CC(n2cc(C(=O)NCc3ccccc3)nn2)C1. The van der Waals surface area contributed by atoms with E-state index in [9.17, 15) is 13.2 Å². The van der Waals surface area contributed by atoms with Gasteiger partial charge in [-0.1, -0.05) is 35.5 Å². The fourth-order valence-electron chi connectivity index (χ4n) is 2.42. The van der Waals surface area contributed by atoms with Crippen molar-refractivity contribution in [3.8, 4) is 0 Å². The average Bonchev–Trinajstić information content (AvgIpc) is 3.01. The Hall–Kier alpha value is -2.26. The van der Waals surface area contributed by atoms with Gasteiger partial charge in [0.1, 0.15) is 0 Å². The summed E-state index contributed by atoms with van der Waals surface area (Å²) in [5, 5.41) is 10.6. The number of benzene rings is 1. The summed E-state index contributed by atoms with van der Waals surface area (Å²) < 4.78 is 26.4. The lowest BCUT2D eigenvalue weighted by atomic mass is 10.2. The maximum atomic E-state index is 12.1. The highest BCUT2D eigenvalue weighted by atomic mass is 32.2. The first kappa shape index (κ1) is 16.6. The summed E-state index contributed by atoms with van der Waals surface area (Å²) in [5.41, 5.74) is 1.22. The second-order valence-corrected chi connectivity index (χ2v) is 7.88. The standard InChI is InChI=1S/C15H19N5O3S/c1-2-24(22,23)19-9-13(10-19)20-11-14(17-18-20)15(21)16-8-12-6-4-3-5-7-12/h3-7,11,13H,2,8-10H2,1H3,(H,16,21). The largest absolute Gasteiger partial charge is 0.347 e. The second kappa shape index (κ2) is 6.70. The molecule has 0 unspecified atom stereocenters. The van der Waals surface area contributed by atoms with Gasteiger partial charge in [0.25, 0.3) is 5.91 Å². The molecule has 0 saturated carbocycles. The molecule has 1 fully saturated rings. The number of carbonyl (C=O) groups excluding carboxylic acids is 1. The molecule has 0 spiro atoms. The van der Waals surface area contributed by atoms with Gasteiger partial charge in [-0.25, -0.2) is 13.1 Å². The van der Waals surface area contributed by atoms with E-state index in [4.69, 9.17) is 0 Å². The summed E-state index contributed by atoms with van der Waals surface area (Å²) >= 11 is 0. The second-order valence-electron chi connectivity index (χ2n) is 5.62. The maximum absolute atomic E-state index is 12.1. The zero-order valence-corrected chi connectivity index (χ0v) is 14.1. The number of sulfonamides is 1. The molecule has 0 bridgehead atoms. The molecule has 128 valence electrons. The lowest BCUT2D eigenvalue weighted by Gasteiger charge is -2.37. The van der Waals surface area contributed by atoms with Crippen molar-refractivity contribution in [3.05, 3.63) is 47.8 Å². The van der Waals surface area contributed by atoms with Crippen molar-refractivity contribution in [1.82, 2.24) is 24.6 Å². The van der Waals surface area contributed by atoms with Gasteiger partial charge in [-0.2, -0.15) is 4.31 Å². The van der Waals surface area contributed by atoms with Crippen LogP contribution < -0.4 is 5.32 Å². The first-order valence-electron chi connectivity index (χ1n) is 7.71. The third-order valence-electron chi connectivity index (χ3n) is 4.00. The third-order valence-corrected chi connectivity index (χ3v) is 5.81. The van der Waals surface area contributed by atoms with E-state index in [1.807, 2.05) is 30.3 Å². The molecule has 2 heterocycles. The Morgan fingerprint density at radius 1 is 1.29 bits per heavy atom. The minimum atomic E-state index is -3.16. The van der Waals surface area contributed by atoms with E-state index in [0.29, 0.717) is 19.6 Å². The van der Waals surface area contributed by atoms with Crippen molar-refractivity contribution < 1.29 is 13.2 Å². The van der Waals surface area contributed by atoms with E-state index in [0.717, 1.165) is 5.56 Å². The molecule has 8 nitrogen and oxygen atoms in total. The van der Waals surface area contributed by atoms with Crippen molar-refractivity contribution in [3.63, 3.8) is 0 Å². The van der Waals surface area contributed by atoms with Gasteiger partial charge < -0.3 is 5.32 Å². The fourth-order valence-corrected chi connectivity index (χ4v) is 3.59. The Bertz CT molecular complexity index is 813. The van der Waals surface area contributed by atoms with E-state index >= 15 is 0 Å². The van der Waals surface area contributed by atoms with Crippen LogP contribution in [-0.4, -0.2) is 52.5 Å². The number of nitrogens with zero attached hydrogens (tertiary/aromatic N) is 4. The van der Waals surface area contributed by atoms with E-state index < -0.39 is 10.0 Å². The van der Waals surface area contributed by atoms with Gasteiger partial charge in [0.2, 0.25) is 10.0 Å². The van der Waals surface area contributed by atoms with E-state index in [1.165, 1.54) is 4.31 Å². The molecule has 2 aromatic rings. The number of amides is 1. The molecule has 1 N–H and O–H groups in total. The zero-order valence-electron chi connectivity index (χ0n) is 13.3. The molecule has 24 heavy (non-hydrogen) atoms. The molecule has 1 aromatic heterocycles. The van der Waals surface area contributed by atoms with Crippen molar-refractivity contribution in [1.29, 1.82) is 0 Å². The monoisotopic (exact) mass is 349 g/mol. The predicted molar refractivity (Wildman–Crippen MR) is 87.7 cm³/mol. The number of rotatable bonds is 6. The number of hydrogen-bond acceptors (Lipinski definition) is 5.